The number of nitrogens with zero attached hydrogens (tertiary/aromatic N) is 5. The van der Waals surface area contributed by atoms with Crippen molar-refractivity contribution in [3.8, 4) is 22.5 Å². The number of imidazole rings is 2. The maximum atomic E-state index is 13.8. The van der Waals surface area contributed by atoms with Crippen LogP contribution in [-0.4, -0.2) is 93.1 Å². The molecule has 0 unspecified atom stereocenters. The van der Waals surface area contributed by atoms with E-state index in [0.29, 0.717) is 24.7 Å². The van der Waals surface area contributed by atoms with Gasteiger partial charge in [-0.3, -0.25) is 9.59 Å². The Morgan fingerprint density at radius 3 is 1.56 bits per heavy atom. The monoisotopic (exact) mass is 1100 g/mol. The van der Waals surface area contributed by atoms with Crippen molar-refractivity contribution in [2.75, 3.05) is 32.1 Å². The third-order valence-electron chi connectivity index (χ3n) is 14.3. The van der Waals surface area contributed by atoms with Crippen molar-refractivity contribution in [2.24, 2.45) is 11.8 Å². The zero-order valence-electron chi connectivity index (χ0n) is 42.1. The van der Waals surface area contributed by atoms with Gasteiger partial charge in [0.1, 0.15) is 38.3 Å². The summed E-state index contributed by atoms with van der Waals surface area (Å²) in [7, 11) is 2.78. The molecule has 3 saturated heterocycles. The topological polar surface area (TPSA) is 178 Å². The number of hydrogen-bond acceptors (Lipinski definition) is 9. The summed E-state index contributed by atoms with van der Waals surface area (Å²) in [4.78, 5) is 75.1. The first-order chi connectivity index (χ1) is 33.9. The molecular weight excluding hydrogens is 1030 g/mol. The highest BCUT2D eigenvalue weighted by Gasteiger charge is 2.41. The van der Waals surface area contributed by atoms with Crippen LogP contribution in [0.3, 0.4) is 0 Å². The first kappa shape index (κ1) is 51.7. The highest BCUT2D eigenvalue weighted by atomic mass is 79.9. The Morgan fingerprint density at radius 2 is 1.14 bits per heavy atom. The lowest BCUT2D eigenvalue weighted by molar-refractivity contribution is -0.143. The number of halogens is 2. The van der Waals surface area contributed by atoms with Crippen molar-refractivity contribution < 1.29 is 28.7 Å². The Kier molecular flexibility index (Phi) is 15.7. The summed E-state index contributed by atoms with van der Waals surface area (Å²) in [6, 6.07) is 25.4. The van der Waals surface area contributed by atoms with Crippen LogP contribution in [0.2, 0.25) is 0 Å². The molecule has 17 heteroatoms. The molecular formula is C54H67Br2N9O6. The van der Waals surface area contributed by atoms with Gasteiger partial charge in [-0.2, -0.15) is 0 Å². The third kappa shape index (κ3) is 10.9. The number of aromatic nitrogens is 4. The van der Waals surface area contributed by atoms with E-state index in [9.17, 15) is 19.2 Å². The van der Waals surface area contributed by atoms with Gasteiger partial charge in [0, 0.05) is 37.0 Å². The fourth-order valence-corrected chi connectivity index (χ4v) is 11.5. The number of H-pyrrole nitrogens is 2. The predicted molar refractivity (Wildman–Crippen MR) is 281 cm³/mol. The maximum absolute atomic E-state index is 13.8. The second-order valence-corrected chi connectivity index (χ2v) is 22.3. The van der Waals surface area contributed by atoms with Gasteiger partial charge in [0.05, 0.1) is 31.3 Å². The molecule has 2 aromatic heterocycles. The van der Waals surface area contributed by atoms with E-state index in [1.807, 2.05) is 32.6 Å². The average Bonchev–Trinajstić information content (AvgIpc) is 4.22. The van der Waals surface area contributed by atoms with Gasteiger partial charge in [0.15, 0.2) is 6.10 Å². The number of rotatable bonds is 13. The van der Waals surface area contributed by atoms with E-state index >= 15 is 0 Å². The Bertz CT molecular complexity index is 2540. The van der Waals surface area contributed by atoms with E-state index in [-0.39, 0.29) is 53.2 Å². The number of likely N-dealkylation sites (tertiary alicyclic amines) is 2. The summed E-state index contributed by atoms with van der Waals surface area (Å²) < 4.78 is 11.8. The minimum Gasteiger partial charge on any atom is -0.453 e. The molecule has 0 bridgehead atoms. The largest absolute Gasteiger partial charge is 0.453 e. The van der Waals surface area contributed by atoms with Gasteiger partial charge in [-0.05, 0) is 116 Å². The lowest BCUT2D eigenvalue weighted by Gasteiger charge is -2.34. The van der Waals surface area contributed by atoms with Gasteiger partial charge in [-0.25, -0.2) is 19.6 Å². The molecule has 0 saturated carbocycles. The summed E-state index contributed by atoms with van der Waals surface area (Å²) in [5, 5.41) is 5.19. The number of alkyl carbamates (subject to hydrolysis) is 2. The predicted octanol–water partition coefficient (Wildman–Crippen LogP) is 11.5. The number of amides is 4. The molecule has 15 nitrogen and oxygen atoms in total. The first-order valence-corrected chi connectivity index (χ1v) is 26.4. The van der Waals surface area contributed by atoms with E-state index in [2.05, 4.69) is 151 Å². The first-order valence-electron chi connectivity index (χ1n) is 24.8. The number of methoxy groups -OCH3 is 1. The normalized spacial score (nSPS) is 20.2. The van der Waals surface area contributed by atoms with Crippen molar-refractivity contribution in [1.82, 2.24) is 40.4 Å². The van der Waals surface area contributed by atoms with E-state index in [1.54, 1.807) is 4.90 Å². The lowest BCUT2D eigenvalue weighted by Crippen LogP contribution is -2.51. The van der Waals surface area contributed by atoms with Crippen LogP contribution >= 0.6 is 31.9 Å². The van der Waals surface area contributed by atoms with Crippen LogP contribution in [0.15, 0.2) is 82.0 Å². The van der Waals surface area contributed by atoms with Crippen LogP contribution in [0.25, 0.3) is 22.5 Å². The van der Waals surface area contributed by atoms with Crippen molar-refractivity contribution in [1.29, 1.82) is 0 Å². The zero-order chi connectivity index (χ0) is 50.9. The second-order valence-electron chi connectivity index (χ2n) is 20.7. The number of aromatic amines is 2. The molecule has 6 atom stereocenters. The van der Waals surface area contributed by atoms with Crippen LogP contribution in [0.5, 0.6) is 0 Å². The molecule has 0 radical (unpaired) electrons. The number of carbonyl (C=O) groups excluding carboxylic acids is 4. The summed E-state index contributed by atoms with van der Waals surface area (Å²) in [5.74, 6) is 0.705. The molecule has 3 fully saturated rings. The maximum Gasteiger partial charge on any atom is 0.407 e. The molecule has 71 heavy (non-hydrogen) atoms. The summed E-state index contributed by atoms with van der Waals surface area (Å²) in [5.41, 5.74) is 8.30. The van der Waals surface area contributed by atoms with Gasteiger partial charge in [-0.1, -0.05) is 109 Å². The zero-order valence-corrected chi connectivity index (χ0v) is 45.3. The minimum absolute atomic E-state index is 0.0158. The molecule has 0 spiro atoms. The van der Waals surface area contributed by atoms with Gasteiger partial charge < -0.3 is 44.8 Å². The van der Waals surface area contributed by atoms with Crippen LogP contribution in [-0.2, 0) is 24.5 Å². The Labute approximate surface area is 433 Å². The Morgan fingerprint density at radius 1 is 0.662 bits per heavy atom. The highest BCUT2D eigenvalue weighted by Crippen LogP contribution is 2.48. The molecule has 5 aromatic rings. The number of hydrogen-bond donors (Lipinski definition) is 4. The smallest absolute Gasteiger partial charge is 0.407 e. The number of anilines is 1. The van der Waals surface area contributed by atoms with E-state index in [0.717, 1.165) is 75.9 Å². The van der Waals surface area contributed by atoms with E-state index in [1.165, 1.54) is 30.8 Å². The van der Waals surface area contributed by atoms with Crippen LogP contribution in [0, 0.1) is 11.8 Å². The van der Waals surface area contributed by atoms with Gasteiger partial charge in [-0.15, -0.1) is 0 Å². The number of ether oxygens (including phenoxy) is 2. The van der Waals surface area contributed by atoms with Crippen molar-refractivity contribution in [2.45, 2.75) is 129 Å². The quantitative estimate of drug-likeness (QED) is 0.0893. The highest BCUT2D eigenvalue weighted by molar-refractivity contribution is 9.10. The SMILES string of the molecule is CNC(=O)O[C@H](C(=O)N1CCC[C@H]1c1nc(-c2ccc([C@@H]3CC[C@@H](c4ccc(-c5nc([C@@H]6CCCN6C(=O)[C@@H](NC(=O)OC)C(C)C)[nH]c5Br)cc4)N3c3ccc(C(C)(C)C)cc3)cc2)c(Br)[nH]1)C(C)C. The van der Waals surface area contributed by atoms with E-state index in [4.69, 9.17) is 19.4 Å². The number of benzene rings is 3. The fraction of sp³-hybridized carbons (Fsp3) is 0.481. The van der Waals surface area contributed by atoms with Crippen LogP contribution < -0.4 is 15.5 Å². The molecule has 5 heterocycles. The molecule has 378 valence electrons. The van der Waals surface area contributed by atoms with Gasteiger partial charge >= 0.3 is 12.2 Å². The van der Waals surface area contributed by atoms with Gasteiger partial charge in [0.25, 0.3) is 5.91 Å². The Balaban J connectivity index is 1.03. The summed E-state index contributed by atoms with van der Waals surface area (Å²) >= 11 is 7.51. The summed E-state index contributed by atoms with van der Waals surface area (Å²) in [6.45, 7) is 15.4. The fourth-order valence-electron chi connectivity index (χ4n) is 10.4. The second kappa shape index (κ2) is 21.6. The van der Waals surface area contributed by atoms with E-state index < -0.39 is 24.3 Å². The molecule has 4 amide bonds. The number of nitrogens with one attached hydrogen (secondary N) is 4. The lowest BCUT2D eigenvalue weighted by atomic mass is 9.87. The van der Waals surface area contributed by atoms with Gasteiger partial charge in [0.2, 0.25) is 5.91 Å². The minimum atomic E-state index is -0.900. The average molecular weight is 1100 g/mol. The van der Waals surface area contributed by atoms with Crippen molar-refractivity contribution in [3.05, 3.63) is 110 Å². The van der Waals surface area contributed by atoms with Crippen molar-refractivity contribution >= 4 is 61.5 Å². The standard InChI is InChI=1S/C54H67Br2N9O6/c1-30(2)42(60-53(69)70-9)50(66)63-28-10-12-40(63)48-58-43(46(55)61-48)34-18-14-32(15-19-34)38-26-27-39(65(38)37-24-22-36(23-25-37)54(5,6)7)33-16-20-35(21-17-33)44-47(56)62-49(59-44)41-13-11-29-64(41)51(67)45(31(3)4)71-52(68)57-8/h14-25,30-31,38-42,45H,10-13,26-29H2,1-9H3,(H,57,68)(H,58,61)(H,59,62)(H,60,69)/t38-,39-,40-,41-,42-,45-/m0/s1. The number of carbonyl (C=O) groups is 4. The van der Waals surface area contributed by atoms with Crippen molar-refractivity contribution in [3.63, 3.8) is 0 Å². The molecule has 8 rings (SSSR count). The van der Waals surface area contributed by atoms with Crippen LogP contribution in [0.4, 0.5) is 15.3 Å². The molecule has 4 N–H and O–H groups in total. The third-order valence-corrected chi connectivity index (χ3v) is 15.4. The Hall–Kier alpha value is -5.68. The molecule has 0 aliphatic carbocycles. The summed E-state index contributed by atoms with van der Waals surface area (Å²) in [6.07, 6.45) is 2.90. The van der Waals surface area contributed by atoms with Crippen LogP contribution in [0.1, 0.15) is 139 Å². The molecule has 3 aliphatic heterocycles. The molecule has 3 aliphatic rings. The molecule has 3 aromatic carbocycles.